The molecular weight excluding hydrogens is 208 g/mol. The Hall–Kier alpha value is -0.0800. The predicted octanol–water partition coefficient (Wildman–Crippen LogP) is 3.28. The standard InChI is InChI=1S/C15H32N2/c1-4-11-17(12-5-2)14-15(13-16-3)9-7-6-8-10-15/h16H,4-14H2,1-3H3. The summed E-state index contributed by atoms with van der Waals surface area (Å²) < 4.78 is 0. The third-order valence-electron chi connectivity index (χ3n) is 4.10. The van der Waals surface area contributed by atoms with E-state index in [-0.39, 0.29) is 0 Å². The molecule has 0 atom stereocenters. The Bertz CT molecular complexity index is 174. The van der Waals surface area contributed by atoms with Crippen LogP contribution in [-0.2, 0) is 0 Å². The highest BCUT2D eigenvalue weighted by Crippen LogP contribution is 2.36. The van der Waals surface area contributed by atoms with E-state index >= 15 is 0 Å². The summed E-state index contributed by atoms with van der Waals surface area (Å²) in [5.74, 6) is 0. The van der Waals surface area contributed by atoms with Crippen LogP contribution in [0.4, 0.5) is 0 Å². The van der Waals surface area contributed by atoms with Gasteiger partial charge in [-0.2, -0.15) is 0 Å². The van der Waals surface area contributed by atoms with E-state index in [2.05, 4.69) is 31.1 Å². The zero-order valence-electron chi connectivity index (χ0n) is 12.2. The highest BCUT2D eigenvalue weighted by atomic mass is 15.1. The molecule has 0 amide bonds. The van der Waals surface area contributed by atoms with Gasteiger partial charge in [-0.15, -0.1) is 0 Å². The molecule has 1 N–H and O–H groups in total. The average molecular weight is 240 g/mol. The van der Waals surface area contributed by atoms with Crippen molar-refractivity contribution in [1.29, 1.82) is 0 Å². The SMILES string of the molecule is CCCN(CCC)CC1(CNC)CCCCC1. The highest BCUT2D eigenvalue weighted by Gasteiger charge is 2.32. The third kappa shape index (κ3) is 4.97. The fourth-order valence-corrected chi connectivity index (χ4v) is 3.44. The van der Waals surface area contributed by atoms with E-state index in [9.17, 15) is 0 Å². The molecule has 1 saturated carbocycles. The van der Waals surface area contributed by atoms with Gasteiger partial charge in [0.2, 0.25) is 0 Å². The van der Waals surface area contributed by atoms with E-state index in [1.807, 2.05) is 0 Å². The number of hydrogen-bond donors (Lipinski definition) is 1. The lowest BCUT2D eigenvalue weighted by Crippen LogP contribution is -2.45. The molecule has 0 spiro atoms. The van der Waals surface area contributed by atoms with Gasteiger partial charge in [-0.3, -0.25) is 0 Å². The van der Waals surface area contributed by atoms with Crippen LogP contribution in [0, 0.1) is 5.41 Å². The average Bonchev–Trinajstić information content (AvgIpc) is 2.31. The van der Waals surface area contributed by atoms with Crippen LogP contribution in [0.3, 0.4) is 0 Å². The first-order chi connectivity index (χ1) is 8.26. The maximum absolute atomic E-state index is 3.44. The van der Waals surface area contributed by atoms with Gasteiger partial charge in [0, 0.05) is 13.1 Å². The summed E-state index contributed by atoms with van der Waals surface area (Å²) >= 11 is 0. The Labute approximate surface area is 108 Å². The highest BCUT2D eigenvalue weighted by molar-refractivity contribution is 4.87. The van der Waals surface area contributed by atoms with Crippen molar-refractivity contribution in [3.05, 3.63) is 0 Å². The second-order valence-corrected chi connectivity index (χ2v) is 5.87. The lowest BCUT2D eigenvalue weighted by atomic mass is 9.73. The third-order valence-corrected chi connectivity index (χ3v) is 4.10. The number of nitrogens with one attached hydrogen (secondary N) is 1. The van der Waals surface area contributed by atoms with E-state index in [1.165, 1.54) is 71.1 Å². The van der Waals surface area contributed by atoms with Crippen molar-refractivity contribution in [2.75, 3.05) is 33.2 Å². The first-order valence-electron chi connectivity index (χ1n) is 7.63. The van der Waals surface area contributed by atoms with E-state index in [0.29, 0.717) is 5.41 Å². The lowest BCUT2D eigenvalue weighted by Gasteiger charge is -2.41. The number of rotatable bonds is 8. The van der Waals surface area contributed by atoms with Crippen LogP contribution in [0.5, 0.6) is 0 Å². The van der Waals surface area contributed by atoms with Gasteiger partial charge in [0.1, 0.15) is 0 Å². The largest absolute Gasteiger partial charge is 0.319 e. The van der Waals surface area contributed by atoms with Gasteiger partial charge in [0.25, 0.3) is 0 Å². The second-order valence-electron chi connectivity index (χ2n) is 5.87. The summed E-state index contributed by atoms with van der Waals surface area (Å²) in [5.41, 5.74) is 0.567. The van der Waals surface area contributed by atoms with Crippen molar-refractivity contribution in [3.8, 4) is 0 Å². The molecule has 1 aliphatic rings. The fraction of sp³-hybridized carbons (Fsp3) is 1.00. The van der Waals surface area contributed by atoms with Gasteiger partial charge in [0.05, 0.1) is 0 Å². The Kier molecular flexibility index (Phi) is 7.14. The molecular formula is C15H32N2. The second kappa shape index (κ2) is 8.10. The molecule has 0 bridgehead atoms. The van der Waals surface area contributed by atoms with Gasteiger partial charge >= 0.3 is 0 Å². The van der Waals surface area contributed by atoms with Gasteiger partial charge < -0.3 is 10.2 Å². The van der Waals surface area contributed by atoms with Gasteiger partial charge in [0.15, 0.2) is 0 Å². The monoisotopic (exact) mass is 240 g/mol. The van der Waals surface area contributed by atoms with Gasteiger partial charge in [-0.1, -0.05) is 33.1 Å². The minimum atomic E-state index is 0.567. The maximum Gasteiger partial charge on any atom is 0.00501 e. The summed E-state index contributed by atoms with van der Waals surface area (Å²) in [4.78, 5) is 2.70. The first-order valence-corrected chi connectivity index (χ1v) is 7.63. The van der Waals surface area contributed by atoms with Crippen molar-refractivity contribution in [3.63, 3.8) is 0 Å². The lowest BCUT2D eigenvalue weighted by molar-refractivity contribution is 0.104. The molecule has 102 valence electrons. The Morgan fingerprint density at radius 3 is 2.06 bits per heavy atom. The van der Waals surface area contributed by atoms with Crippen LogP contribution in [0.15, 0.2) is 0 Å². The summed E-state index contributed by atoms with van der Waals surface area (Å²) in [6.07, 6.45) is 9.76. The topological polar surface area (TPSA) is 15.3 Å². The van der Waals surface area contributed by atoms with Crippen LogP contribution < -0.4 is 5.32 Å². The molecule has 0 saturated heterocycles. The predicted molar refractivity (Wildman–Crippen MR) is 76.5 cm³/mol. The summed E-state index contributed by atoms with van der Waals surface area (Å²) in [7, 11) is 2.11. The molecule has 0 aliphatic heterocycles. The van der Waals surface area contributed by atoms with Crippen molar-refractivity contribution in [2.24, 2.45) is 5.41 Å². The fourth-order valence-electron chi connectivity index (χ4n) is 3.44. The van der Waals surface area contributed by atoms with E-state index < -0.39 is 0 Å². The van der Waals surface area contributed by atoms with Crippen LogP contribution in [0.25, 0.3) is 0 Å². The summed E-state index contributed by atoms with van der Waals surface area (Å²) in [6.45, 7) is 9.67. The van der Waals surface area contributed by atoms with Crippen molar-refractivity contribution in [1.82, 2.24) is 10.2 Å². The van der Waals surface area contributed by atoms with Crippen LogP contribution in [0.2, 0.25) is 0 Å². The summed E-state index contributed by atoms with van der Waals surface area (Å²) in [6, 6.07) is 0. The van der Waals surface area contributed by atoms with Crippen molar-refractivity contribution in [2.45, 2.75) is 58.8 Å². The summed E-state index contributed by atoms with van der Waals surface area (Å²) in [5, 5.41) is 3.44. The first kappa shape index (κ1) is 15.0. The molecule has 1 rings (SSSR count). The minimum absolute atomic E-state index is 0.567. The maximum atomic E-state index is 3.44. The van der Waals surface area contributed by atoms with E-state index in [0.717, 1.165) is 0 Å². The van der Waals surface area contributed by atoms with Crippen molar-refractivity contribution >= 4 is 0 Å². The smallest absolute Gasteiger partial charge is 0.00501 e. The van der Waals surface area contributed by atoms with E-state index in [4.69, 9.17) is 0 Å². The zero-order valence-corrected chi connectivity index (χ0v) is 12.2. The molecule has 0 unspecified atom stereocenters. The van der Waals surface area contributed by atoms with Crippen LogP contribution >= 0.6 is 0 Å². The van der Waals surface area contributed by atoms with Crippen LogP contribution in [0.1, 0.15) is 58.8 Å². The number of hydrogen-bond acceptors (Lipinski definition) is 2. The van der Waals surface area contributed by atoms with Crippen molar-refractivity contribution < 1.29 is 0 Å². The molecule has 0 aromatic heterocycles. The van der Waals surface area contributed by atoms with Gasteiger partial charge in [-0.05, 0) is 51.2 Å². The Morgan fingerprint density at radius 2 is 1.59 bits per heavy atom. The molecule has 17 heavy (non-hydrogen) atoms. The van der Waals surface area contributed by atoms with Crippen LogP contribution in [-0.4, -0.2) is 38.1 Å². The zero-order chi connectivity index (χ0) is 12.6. The normalized spacial score (nSPS) is 19.8. The molecule has 0 radical (unpaired) electrons. The molecule has 2 heteroatoms. The minimum Gasteiger partial charge on any atom is -0.319 e. The quantitative estimate of drug-likeness (QED) is 0.700. The van der Waals surface area contributed by atoms with E-state index in [1.54, 1.807) is 0 Å². The molecule has 1 aliphatic carbocycles. The molecule has 2 nitrogen and oxygen atoms in total. The molecule has 1 fully saturated rings. The molecule has 0 aromatic carbocycles. The molecule has 0 aromatic rings. The van der Waals surface area contributed by atoms with Gasteiger partial charge in [-0.25, -0.2) is 0 Å². The number of nitrogens with zero attached hydrogens (tertiary/aromatic N) is 1. The molecule has 0 heterocycles. The Morgan fingerprint density at radius 1 is 1.00 bits per heavy atom. The Balaban J connectivity index is 2.55.